The maximum absolute atomic E-state index is 12.0. The van der Waals surface area contributed by atoms with E-state index in [2.05, 4.69) is 19.2 Å². The molecule has 1 rings (SSSR count). The van der Waals surface area contributed by atoms with Crippen molar-refractivity contribution in [3.8, 4) is 0 Å². The molecular formula is C17H34N2O2. The van der Waals surface area contributed by atoms with Gasteiger partial charge in [-0.25, -0.2) is 4.79 Å². The predicted molar refractivity (Wildman–Crippen MR) is 87.5 cm³/mol. The molecule has 0 aromatic heterocycles. The second kappa shape index (κ2) is 8.02. The summed E-state index contributed by atoms with van der Waals surface area (Å²) in [5.41, 5.74) is -0.0939. The zero-order valence-electron chi connectivity index (χ0n) is 14.6. The lowest BCUT2D eigenvalue weighted by molar-refractivity contribution is 0.0120. The van der Waals surface area contributed by atoms with E-state index in [-0.39, 0.29) is 6.09 Å². The van der Waals surface area contributed by atoms with Crippen LogP contribution in [0.25, 0.3) is 0 Å². The summed E-state index contributed by atoms with van der Waals surface area (Å²) in [6, 6.07) is 0. The smallest absolute Gasteiger partial charge is 0.410 e. The minimum absolute atomic E-state index is 0.166. The summed E-state index contributed by atoms with van der Waals surface area (Å²) in [6.07, 6.45) is 5.76. The molecule has 1 amide bonds. The Morgan fingerprint density at radius 2 is 1.86 bits per heavy atom. The molecule has 0 aromatic rings. The van der Waals surface area contributed by atoms with Crippen LogP contribution in [0, 0.1) is 5.41 Å². The fourth-order valence-electron chi connectivity index (χ4n) is 2.62. The Bertz CT molecular complexity index is 315. The summed E-state index contributed by atoms with van der Waals surface area (Å²) in [4.78, 5) is 13.9. The van der Waals surface area contributed by atoms with Gasteiger partial charge in [-0.05, 0) is 52.0 Å². The number of amides is 1. The van der Waals surface area contributed by atoms with E-state index in [1.165, 1.54) is 19.3 Å². The van der Waals surface area contributed by atoms with Crippen molar-refractivity contribution in [3.63, 3.8) is 0 Å². The summed E-state index contributed by atoms with van der Waals surface area (Å²) in [5.74, 6) is 0. The first-order chi connectivity index (χ1) is 9.76. The van der Waals surface area contributed by atoms with Crippen LogP contribution in [0.1, 0.15) is 66.7 Å². The van der Waals surface area contributed by atoms with Gasteiger partial charge in [0.2, 0.25) is 0 Å². The number of carbonyl (C=O) groups excluding carboxylic acids is 1. The molecule has 0 saturated carbocycles. The molecular weight excluding hydrogens is 264 g/mol. The Balaban J connectivity index is 2.28. The summed E-state index contributed by atoms with van der Waals surface area (Å²) in [5, 5.41) is 3.58. The standard InChI is InChI=1S/C17H34N2O2/c1-6-7-8-11-18-14-17(5)9-12-19(13-10-17)15(20)21-16(2,3)4/h18H,6-14H2,1-5H3. The molecule has 4 nitrogen and oxygen atoms in total. The molecule has 1 aliphatic heterocycles. The van der Waals surface area contributed by atoms with Crippen molar-refractivity contribution in [2.24, 2.45) is 5.41 Å². The van der Waals surface area contributed by atoms with E-state index in [4.69, 9.17) is 4.74 Å². The van der Waals surface area contributed by atoms with Gasteiger partial charge in [0.05, 0.1) is 0 Å². The van der Waals surface area contributed by atoms with Crippen LogP contribution in [0.15, 0.2) is 0 Å². The highest BCUT2D eigenvalue weighted by Gasteiger charge is 2.33. The third kappa shape index (κ3) is 7.16. The molecule has 0 bridgehead atoms. The molecule has 0 aliphatic carbocycles. The van der Waals surface area contributed by atoms with Crippen molar-refractivity contribution < 1.29 is 9.53 Å². The third-order valence-electron chi connectivity index (χ3n) is 4.13. The summed E-state index contributed by atoms with van der Waals surface area (Å²) in [6.45, 7) is 14.1. The third-order valence-corrected chi connectivity index (χ3v) is 4.13. The Hall–Kier alpha value is -0.770. The number of rotatable bonds is 6. The van der Waals surface area contributed by atoms with E-state index in [1.807, 2.05) is 25.7 Å². The van der Waals surface area contributed by atoms with Gasteiger partial charge in [0.25, 0.3) is 0 Å². The molecule has 1 heterocycles. The van der Waals surface area contributed by atoms with Crippen molar-refractivity contribution in [3.05, 3.63) is 0 Å². The van der Waals surface area contributed by atoms with Crippen LogP contribution in [0.5, 0.6) is 0 Å². The van der Waals surface area contributed by atoms with Crippen LogP contribution in [0.2, 0.25) is 0 Å². The first kappa shape index (κ1) is 18.3. The molecule has 4 heteroatoms. The zero-order chi connectivity index (χ0) is 15.9. The first-order valence-electron chi connectivity index (χ1n) is 8.44. The molecule has 0 spiro atoms. The molecule has 0 unspecified atom stereocenters. The number of unbranched alkanes of at least 4 members (excludes halogenated alkanes) is 2. The van der Waals surface area contributed by atoms with Gasteiger partial charge < -0.3 is 15.0 Å². The molecule has 1 fully saturated rings. The van der Waals surface area contributed by atoms with Crippen LogP contribution in [-0.4, -0.2) is 42.8 Å². The SMILES string of the molecule is CCCCCNCC1(C)CCN(C(=O)OC(C)(C)C)CC1. The maximum atomic E-state index is 12.0. The highest BCUT2D eigenvalue weighted by Crippen LogP contribution is 2.30. The quantitative estimate of drug-likeness (QED) is 0.758. The van der Waals surface area contributed by atoms with Crippen molar-refractivity contribution in [2.45, 2.75) is 72.3 Å². The van der Waals surface area contributed by atoms with Crippen LogP contribution >= 0.6 is 0 Å². The van der Waals surface area contributed by atoms with Crippen LogP contribution < -0.4 is 5.32 Å². The Morgan fingerprint density at radius 1 is 1.24 bits per heavy atom. The number of nitrogens with zero attached hydrogens (tertiary/aromatic N) is 1. The second-order valence-corrected chi connectivity index (χ2v) is 7.66. The van der Waals surface area contributed by atoms with Crippen molar-refractivity contribution >= 4 is 6.09 Å². The molecule has 0 radical (unpaired) electrons. The van der Waals surface area contributed by atoms with Crippen molar-refractivity contribution in [1.29, 1.82) is 0 Å². The van der Waals surface area contributed by atoms with Crippen molar-refractivity contribution in [1.82, 2.24) is 10.2 Å². The summed E-state index contributed by atoms with van der Waals surface area (Å²) < 4.78 is 5.44. The molecule has 0 atom stereocenters. The van der Waals surface area contributed by atoms with E-state index in [0.717, 1.165) is 39.0 Å². The number of hydrogen-bond acceptors (Lipinski definition) is 3. The number of hydrogen-bond donors (Lipinski definition) is 1. The van der Waals surface area contributed by atoms with Gasteiger partial charge in [-0.2, -0.15) is 0 Å². The van der Waals surface area contributed by atoms with Gasteiger partial charge >= 0.3 is 6.09 Å². The lowest BCUT2D eigenvalue weighted by Crippen LogP contribution is -2.47. The average Bonchev–Trinajstić information content (AvgIpc) is 2.37. The fourth-order valence-corrected chi connectivity index (χ4v) is 2.62. The molecule has 21 heavy (non-hydrogen) atoms. The number of ether oxygens (including phenoxy) is 1. The molecule has 1 N–H and O–H groups in total. The van der Waals surface area contributed by atoms with Gasteiger partial charge in [0.15, 0.2) is 0 Å². The van der Waals surface area contributed by atoms with Crippen LogP contribution in [-0.2, 0) is 4.74 Å². The average molecular weight is 298 g/mol. The minimum Gasteiger partial charge on any atom is -0.444 e. The summed E-state index contributed by atoms with van der Waals surface area (Å²) in [7, 11) is 0. The van der Waals surface area contributed by atoms with Gasteiger partial charge in [-0.3, -0.25) is 0 Å². The second-order valence-electron chi connectivity index (χ2n) is 7.66. The lowest BCUT2D eigenvalue weighted by atomic mass is 9.80. The monoisotopic (exact) mass is 298 g/mol. The highest BCUT2D eigenvalue weighted by molar-refractivity contribution is 5.68. The predicted octanol–water partition coefficient (Wildman–Crippen LogP) is 3.80. The van der Waals surface area contributed by atoms with Gasteiger partial charge in [-0.15, -0.1) is 0 Å². The highest BCUT2D eigenvalue weighted by atomic mass is 16.6. The largest absolute Gasteiger partial charge is 0.444 e. The minimum atomic E-state index is -0.404. The topological polar surface area (TPSA) is 41.6 Å². The van der Waals surface area contributed by atoms with E-state index in [1.54, 1.807) is 0 Å². The van der Waals surface area contributed by atoms with Gasteiger partial charge in [0.1, 0.15) is 5.60 Å². The van der Waals surface area contributed by atoms with Crippen LogP contribution in [0.4, 0.5) is 4.79 Å². The number of nitrogens with one attached hydrogen (secondary N) is 1. The number of carbonyl (C=O) groups is 1. The molecule has 1 saturated heterocycles. The maximum Gasteiger partial charge on any atom is 0.410 e. The number of piperidine rings is 1. The lowest BCUT2D eigenvalue weighted by Gasteiger charge is -2.40. The Kier molecular flexibility index (Phi) is 6.98. The van der Waals surface area contributed by atoms with Gasteiger partial charge in [-0.1, -0.05) is 26.7 Å². The van der Waals surface area contributed by atoms with E-state index >= 15 is 0 Å². The Morgan fingerprint density at radius 3 is 2.38 bits per heavy atom. The number of likely N-dealkylation sites (tertiary alicyclic amines) is 1. The molecule has 124 valence electrons. The van der Waals surface area contributed by atoms with E-state index < -0.39 is 5.60 Å². The van der Waals surface area contributed by atoms with Crippen molar-refractivity contribution in [2.75, 3.05) is 26.2 Å². The van der Waals surface area contributed by atoms with Gasteiger partial charge in [0, 0.05) is 19.6 Å². The molecule has 0 aromatic carbocycles. The fraction of sp³-hybridized carbons (Fsp3) is 0.941. The van der Waals surface area contributed by atoms with Crippen LogP contribution in [0.3, 0.4) is 0 Å². The van der Waals surface area contributed by atoms with E-state index in [0.29, 0.717) is 5.41 Å². The normalized spacial score (nSPS) is 18.6. The van der Waals surface area contributed by atoms with E-state index in [9.17, 15) is 4.79 Å². The zero-order valence-corrected chi connectivity index (χ0v) is 14.6. The Labute approximate surface area is 130 Å². The summed E-state index contributed by atoms with van der Waals surface area (Å²) >= 11 is 0. The first-order valence-corrected chi connectivity index (χ1v) is 8.44. The molecule has 1 aliphatic rings.